The van der Waals surface area contributed by atoms with Crippen molar-refractivity contribution in [3.63, 3.8) is 0 Å². The summed E-state index contributed by atoms with van der Waals surface area (Å²) in [7, 11) is 1.57. The van der Waals surface area contributed by atoms with Crippen molar-refractivity contribution in [2.75, 3.05) is 7.05 Å². The molecule has 3 rings (SSSR count). The van der Waals surface area contributed by atoms with Gasteiger partial charge in [0, 0.05) is 28.4 Å². The summed E-state index contributed by atoms with van der Waals surface area (Å²) < 4.78 is 0.891. The Balaban J connectivity index is 2.24. The molecule has 2 aromatic rings. The molecule has 1 N–H and O–H groups in total. The summed E-state index contributed by atoms with van der Waals surface area (Å²) in [6, 6.07) is 19.0. The molecule has 1 fully saturated rings. The quantitative estimate of drug-likeness (QED) is 0.809. The Morgan fingerprint density at radius 2 is 1.69 bits per heavy atom. The van der Waals surface area contributed by atoms with Crippen LogP contribution in [0.4, 0.5) is 0 Å². The molecule has 1 aliphatic heterocycles. The molecule has 3 unspecified atom stereocenters. The number of carbonyl (C=O) groups excluding carboxylic acids is 1. The van der Waals surface area contributed by atoms with Crippen LogP contribution in [0.5, 0.6) is 0 Å². The van der Waals surface area contributed by atoms with Gasteiger partial charge < -0.3 is 10.0 Å². The highest BCUT2D eigenvalue weighted by molar-refractivity contribution is 9.10. The van der Waals surface area contributed by atoms with E-state index < -0.39 is 23.0 Å². The number of hydrogen-bond acceptors (Lipinski definition) is 3. The fraction of sp³-hybridized carbons (Fsp3) is 0.333. The number of piperidine rings is 1. The Bertz CT molecular complexity index is 858. The number of carbonyl (C=O) groups is 1. The lowest BCUT2D eigenvalue weighted by atomic mass is 9.58. The van der Waals surface area contributed by atoms with Gasteiger partial charge in [0.05, 0.1) is 6.07 Å². The number of benzene rings is 2. The summed E-state index contributed by atoms with van der Waals surface area (Å²) in [5.74, 6) is -1.66. The predicted octanol–water partition coefficient (Wildman–Crippen LogP) is 4.02. The van der Waals surface area contributed by atoms with Gasteiger partial charge in [-0.1, -0.05) is 72.2 Å². The number of likely N-dealkylation sites (tertiary alicyclic amines) is 1. The Morgan fingerprint density at radius 1 is 1.12 bits per heavy atom. The van der Waals surface area contributed by atoms with E-state index in [4.69, 9.17) is 0 Å². The van der Waals surface area contributed by atoms with Crippen LogP contribution in [-0.4, -0.2) is 23.0 Å². The van der Waals surface area contributed by atoms with Gasteiger partial charge in [0.15, 0.2) is 5.72 Å². The zero-order valence-electron chi connectivity index (χ0n) is 15.0. The minimum atomic E-state index is -1.54. The molecule has 3 atom stereocenters. The highest BCUT2D eigenvalue weighted by Crippen LogP contribution is 2.57. The van der Waals surface area contributed by atoms with E-state index >= 15 is 0 Å². The molecule has 0 bridgehead atoms. The van der Waals surface area contributed by atoms with Crippen molar-refractivity contribution >= 4 is 21.8 Å². The number of halogens is 1. The maximum atomic E-state index is 13.0. The summed E-state index contributed by atoms with van der Waals surface area (Å²) in [6.07, 6.45) is 0. The summed E-state index contributed by atoms with van der Waals surface area (Å²) >= 11 is 3.41. The molecule has 1 saturated heterocycles. The number of amides is 1. The lowest BCUT2D eigenvalue weighted by molar-refractivity contribution is -0.222. The third kappa shape index (κ3) is 2.56. The van der Waals surface area contributed by atoms with Gasteiger partial charge in [0.25, 0.3) is 0 Å². The maximum Gasteiger partial charge on any atom is 0.242 e. The molecule has 134 valence electrons. The second-order valence-electron chi connectivity index (χ2n) is 7.29. The first-order valence-electron chi connectivity index (χ1n) is 8.45. The van der Waals surface area contributed by atoms with Crippen molar-refractivity contribution in [3.8, 4) is 6.07 Å². The third-order valence-corrected chi connectivity index (χ3v) is 6.16. The molecule has 1 aliphatic rings. The first kappa shape index (κ1) is 18.6. The van der Waals surface area contributed by atoms with Gasteiger partial charge in [-0.05, 0) is 17.7 Å². The smallest absolute Gasteiger partial charge is 0.242 e. The van der Waals surface area contributed by atoms with E-state index in [1.54, 1.807) is 7.05 Å². The van der Waals surface area contributed by atoms with E-state index in [1.165, 1.54) is 4.90 Å². The summed E-state index contributed by atoms with van der Waals surface area (Å²) in [5.41, 5.74) is -0.843. The fourth-order valence-corrected chi connectivity index (χ4v) is 4.49. The SMILES string of the molecule is CN1C(=O)C(C#N)C(c2ccccc2)C(C)(C)C1(O)c1ccc(Br)cc1. The van der Waals surface area contributed by atoms with E-state index in [-0.39, 0.29) is 5.91 Å². The van der Waals surface area contributed by atoms with Crippen molar-refractivity contribution in [1.29, 1.82) is 5.26 Å². The molecule has 0 aliphatic carbocycles. The average Bonchev–Trinajstić information content (AvgIpc) is 2.64. The van der Waals surface area contributed by atoms with Gasteiger partial charge in [-0.3, -0.25) is 4.79 Å². The van der Waals surface area contributed by atoms with Gasteiger partial charge in [-0.2, -0.15) is 5.26 Å². The monoisotopic (exact) mass is 412 g/mol. The second-order valence-corrected chi connectivity index (χ2v) is 8.21. The minimum Gasteiger partial charge on any atom is -0.366 e. The molecule has 4 nitrogen and oxygen atoms in total. The molecule has 0 aromatic heterocycles. The van der Waals surface area contributed by atoms with E-state index in [0.29, 0.717) is 5.56 Å². The molecule has 26 heavy (non-hydrogen) atoms. The molecule has 2 aromatic carbocycles. The van der Waals surface area contributed by atoms with Crippen LogP contribution in [0, 0.1) is 22.7 Å². The van der Waals surface area contributed by atoms with Gasteiger partial charge >= 0.3 is 0 Å². The normalized spacial score (nSPS) is 27.8. The van der Waals surface area contributed by atoms with E-state index in [9.17, 15) is 15.2 Å². The van der Waals surface area contributed by atoms with Crippen LogP contribution >= 0.6 is 15.9 Å². The van der Waals surface area contributed by atoms with Crippen LogP contribution in [0.25, 0.3) is 0 Å². The first-order chi connectivity index (χ1) is 12.2. The van der Waals surface area contributed by atoms with Crippen molar-refractivity contribution < 1.29 is 9.90 Å². The molecule has 5 heteroatoms. The van der Waals surface area contributed by atoms with Crippen molar-refractivity contribution in [1.82, 2.24) is 4.90 Å². The Morgan fingerprint density at radius 3 is 2.23 bits per heavy atom. The molecular formula is C21H21BrN2O2. The third-order valence-electron chi connectivity index (χ3n) is 5.64. The number of aliphatic hydroxyl groups is 1. The summed E-state index contributed by atoms with van der Waals surface area (Å²) in [6.45, 7) is 3.83. The predicted molar refractivity (Wildman–Crippen MR) is 103 cm³/mol. The molecule has 1 amide bonds. The van der Waals surface area contributed by atoms with Crippen molar-refractivity contribution in [3.05, 3.63) is 70.2 Å². The average molecular weight is 413 g/mol. The van der Waals surface area contributed by atoms with Gasteiger partial charge in [0.1, 0.15) is 5.92 Å². The molecular weight excluding hydrogens is 392 g/mol. The van der Waals surface area contributed by atoms with Crippen LogP contribution in [-0.2, 0) is 10.5 Å². The second kappa shape index (κ2) is 6.53. The van der Waals surface area contributed by atoms with Gasteiger partial charge in [0.2, 0.25) is 5.91 Å². The number of nitrogens with zero attached hydrogens (tertiary/aromatic N) is 2. The van der Waals surface area contributed by atoms with E-state index in [2.05, 4.69) is 22.0 Å². The summed E-state index contributed by atoms with van der Waals surface area (Å²) in [4.78, 5) is 14.3. The number of hydrogen-bond donors (Lipinski definition) is 1. The van der Waals surface area contributed by atoms with Gasteiger partial charge in [-0.25, -0.2) is 0 Å². The van der Waals surface area contributed by atoms with Crippen molar-refractivity contribution in [2.24, 2.45) is 11.3 Å². The number of nitriles is 1. The standard InChI is InChI=1S/C21H21BrN2O2/c1-20(2)18(14-7-5-4-6-8-14)17(13-23)19(25)24(3)21(20,26)15-9-11-16(22)12-10-15/h4-12,17-18,26H,1-3H3. The van der Waals surface area contributed by atoms with E-state index in [1.807, 2.05) is 68.4 Å². The van der Waals surface area contributed by atoms with E-state index in [0.717, 1.165) is 10.0 Å². The highest BCUT2D eigenvalue weighted by Gasteiger charge is 2.62. The first-order valence-corrected chi connectivity index (χ1v) is 9.25. The zero-order valence-corrected chi connectivity index (χ0v) is 16.6. The largest absolute Gasteiger partial charge is 0.366 e. The molecule has 0 saturated carbocycles. The minimum absolute atomic E-state index is 0.369. The van der Waals surface area contributed by atoms with Gasteiger partial charge in [-0.15, -0.1) is 0 Å². The maximum absolute atomic E-state index is 13.0. The topological polar surface area (TPSA) is 64.3 Å². The Labute approximate surface area is 162 Å². The Kier molecular flexibility index (Phi) is 4.68. The van der Waals surface area contributed by atoms with Crippen LogP contribution in [0.2, 0.25) is 0 Å². The lowest BCUT2D eigenvalue weighted by Crippen LogP contribution is -2.65. The van der Waals surface area contributed by atoms with Crippen LogP contribution in [0.15, 0.2) is 59.1 Å². The zero-order chi connectivity index (χ0) is 19.1. The van der Waals surface area contributed by atoms with Crippen LogP contribution in [0.1, 0.15) is 30.9 Å². The van der Waals surface area contributed by atoms with Crippen LogP contribution in [0.3, 0.4) is 0 Å². The number of rotatable bonds is 2. The highest BCUT2D eigenvalue weighted by atomic mass is 79.9. The molecule has 1 heterocycles. The Hall–Kier alpha value is -2.16. The molecule has 0 spiro atoms. The van der Waals surface area contributed by atoms with Crippen LogP contribution < -0.4 is 0 Å². The lowest BCUT2D eigenvalue weighted by Gasteiger charge is -2.57. The molecule has 0 radical (unpaired) electrons. The fourth-order valence-electron chi connectivity index (χ4n) is 4.22. The summed E-state index contributed by atoms with van der Waals surface area (Å²) in [5, 5.41) is 21.6. The van der Waals surface area contributed by atoms with Crippen molar-refractivity contribution in [2.45, 2.75) is 25.5 Å².